The standard InChI is InChI=1S/C25H34N2O5S/c1-4-23(27(33(3,29)30)21-11-13-22(14-12-21)32-5-2)24(28)26-19-25(15-17-31-18-16-25)20-9-7-6-8-10-20/h6-14,23H,4-5,15-19H2,1-3H3,(H,26,28)/t23-/m0/s1. The second-order valence-electron chi connectivity index (χ2n) is 8.39. The van der Waals surface area contributed by atoms with E-state index in [2.05, 4.69) is 17.4 Å². The molecule has 7 nitrogen and oxygen atoms in total. The van der Waals surface area contributed by atoms with Crippen molar-refractivity contribution in [3.63, 3.8) is 0 Å². The Morgan fingerprint density at radius 1 is 1.09 bits per heavy atom. The van der Waals surface area contributed by atoms with Gasteiger partial charge in [0.25, 0.3) is 0 Å². The van der Waals surface area contributed by atoms with Crippen LogP contribution in [0.4, 0.5) is 5.69 Å². The summed E-state index contributed by atoms with van der Waals surface area (Å²) in [5.41, 5.74) is 1.36. The van der Waals surface area contributed by atoms with E-state index in [1.807, 2.05) is 32.0 Å². The number of carbonyl (C=O) groups is 1. The Kier molecular flexibility index (Phi) is 8.37. The molecule has 2 aromatic rings. The average Bonchev–Trinajstić information content (AvgIpc) is 2.82. The smallest absolute Gasteiger partial charge is 0.243 e. The number of ether oxygens (including phenoxy) is 2. The third kappa shape index (κ3) is 6.06. The second-order valence-corrected chi connectivity index (χ2v) is 10.2. The lowest BCUT2D eigenvalue weighted by atomic mass is 9.74. The first-order valence-electron chi connectivity index (χ1n) is 11.4. The minimum Gasteiger partial charge on any atom is -0.494 e. The van der Waals surface area contributed by atoms with Gasteiger partial charge in [-0.25, -0.2) is 8.42 Å². The molecule has 8 heteroatoms. The molecule has 1 amide bonds. The number of anilines is 1. The van der Waals surface area contributed by atoms with Gasteiger partial charge in [0.2, 0.25) is 15.9 Å². The van der Waals surface area contributed by atoms with Crippen molar-refractivity contribution in [2.24, 2.45) is 0 Å². The summed E-state index contributed by atoms with van der Waals surface area (Å²) < 4.78 is 37.7. The van der Waals surface area contributed by atoms with Gasteiger partial charge in [-0.15, -0.1) is 0 Å². The lowest BCUT2D eigenvalue weighted by Gasteiger charge is -2.39. The van der Waals surface area contributed by atoms with Crippen molar-refractivity contribution in [3.8, 4) is 5.75 Å². The number of hydrogen-bond acceptors (Lipinski definition) is 5. The molecular formula is C25H34N2O5S. The largest absolute Gasteiger partial charge is 0.494 e. The molecule has 1 aliphatic rings. The molecule has 1 heterocycles. The Morgan fingerprint density at radius 3 is 2.27 bits per heavy atom. The maximum atomic E-state index is 13.3. The maximum Gasteiger partial charge on any atom is 0.243 e. The number of benzene rings is 2. The van der Waals surface area contributed by atoms with Gasteiger partial charge in [0.15, 0.2) is 0 Å². The van der Waals surface area contributed by atoms with E-state index in [1.165, 1.54) is 4.31 Å². The monoisotopic (exact) mass is 474 g/mol. The average molecular weight is 475 g/mol. The summed E-state index contributed by atoms with van der Waals surface area (Å²) in [6.07, 6.45) is 3.06. The summed E-state index contributed by atoms with van der Waals surface area (Å²) in [6, 6.07) is 16.1. The Labute approximate surface area is 197 Å². The fraction of sp³-hybridized carbons (Fsp3) is 0.480. The maximum absolute atomic E-state index is 13.3. The minimum absolute atomic E-state index is 0.234. The molecule has 0 bridgehead atoms. The van der Waals surface area contributed by atoms with Crippen LogP contribution < -0.4 is 14.4 Å². The molecular weight excluding hydrogens is 440 g/mol. The predicted octanol–water partition coefficient (Wildman–Crippen LogP) is 3.49. The highest BCUT2D eigenvalue weighted by Gasteiger charge is 2.37. The molecule has 1 saturated heterocycles. The van der Waals surface area contributed by atoms with Gasteiger partial charge in [-0.1, -0.05) is 37.3 Å². The van der Waals surface area contributed by atoms with Crippen LogP contribution in [0.5, 0.6) is 5.75 Å². The molecule has 33 heavy (non-hydrogen) atoms. The van der Waals surface area contributed by atoms with Crippen molar-refractivity contribution < 1.29 is 22.7 Å². The van der Waals surface area contributed by atoms with Crippen molar-refractivity contribution in [2.75, 3.05) is 36.9 Å². The molecule has 0 radical (unpaired) electrons. The zero-order valence-corrected chi connectivity index (χ0v) is 20.4. The highest BCUT2D eigenvalue weighted by Crippen LogP contribution is 2.34. The second kappa shape index (κ2) is 11.0. The van der Waals surface area contributed by atoms with E-state index in [9.17, 15) is 13.2 Å². The first-order valence-corrected chi connectivity index (χ1v) is 13.3. The van der Waals surface area contributed by atoms with Crippen molar-refractivity contribution in [2.45, 2.75) is 44.6 Å². The summed E-state index contributed by atoms with van der Waals surface area (Å²) in [6.45, 7) is 5.90. The molecule has 0 aliphatic carbocycles. The van der Waals surface area contributed by atoms with Gasteiger partial charge in [0, 0.05) is 25.2 Å². The Morgan fingerprint density at radius 2 is 1.73 bits per heavy atom. The lowest BCUT2D eigenvalue weighted by molar-refractivity contribution is -0.122. The van der Waals surface area contributed by atoms with Crippen molar-refractivity contribution >= 4 is 21.6 Å². The summed E-state index contributed by atoms with van der Waals surface area (Å²) >= 11 is 0. The summed E-state index contributed by atoms with van der Waals surface area (Å²) in [7, 11) is -3.70. The van der Waals surface area contributed by atoms with Crippen LogP contribution in [0.25, 0.3) is 0 Å². The van der Waals surface area contributed by atoms with E-state index >= 15 is 0 Å². The minimum atomic E-state index is -3.70. The molecule has 1 aliphatic heterocycles. The molecule has 1 atom stereocenters. The van der Waals surface area contributed by atoms with Crippen LogP contribution in [-0.2, 0) is 25.0 Å². The van der Waals surface area contributed by atoms with Crippen molar-refractivity contribution in [3.05, 3.63) is 60.2 Å². The zero-order chi connectivity index (χ0) is 23.9. The number of carbonyl (C=O) groups excluding carboxylic acids is 1. The Bertz CT molecular complexity index is 1000. The van der Waals surface area contributed by atoms with E-state index in [-0.39, 0.29) is 11.3 Å². The summed E-state index contributed by atoms with van der Waals surface area (Å²) in [5.74, 6) is 0.343. The van der Waals surface area contributed by atoms with Crippen LogP contribution in [0.15, 0.2) is 54.6 Å². The number of amides is 1. The van der Waals surface area contributed by atoms with E-state index in [0.29, 0.717) is 44.2 Å². The normalized spacial score (nSPS) is 16.6. The molecule has 0 unspecified atom stereocenters. The number of rotatable bonds is 10. The SMILES string of the molecule is CCOc1ccc(N([C@@H](CC)C(=O)NCC2(c3ccccc3)CCOCC2)S(C)(=O)=O)cc1. The molecule has 3 rings (SSSR count). The molecule has 2 aromatic carbocycles. The van der Waals surface area contributed by atoms with E-state index < -0.39 is 16.1 Å². The fourth-order valence-corrected chi connectivity index (χ4v) is 5.62. The fourth-order valence-electron chi connectivity index (χ4n) is 4.41. The first-order chi connectivity index (χ1) is 15.8. The Balaban J connectivity index is 1.83. The van der Waals surface area contributed by atoms with Crippen LogP contribution in [0.3, 0.4) is 0 Å². The van der Waals surface area contributed by atoms with Crippen LogP contribution in [-0.4, -0.2) is 53.0 Å². The van der Waals surface area contributed by atoms with E-state index in [1.54, 1.807) is 24.3 Å². The summed E-state index contributed by atoms with van der Waals surface area (Å²) in [5, 5.41) is 3.07. The van der Waals surface area contributed by atoms with Gasteiger partial charge >= 0.3 is 0 Å². The number of sulfonamides is 1. The highest BCUT2D eigenvalue weighted by molar-refractivity contribution is 7.92. The lowest BCUT2D eigenvalue weighted by Crippen LogP contribution is -2.52. The topological polar surface area (TPSA) is 84.9 Å². The number of nitrogens with one attached hydrogen (secondary N) is 1. The van der Waals surface area contributed by atoms with Crippen molar-refractivity contribution in [1.82, 2.24) is 5.32 Å². The number of hydrogen-bond donors (Lipinski definition) is 1. The van der Waals surface area contributed by atoms with Gasteiger partial charge in [-0.2, -0.15) is 0 Å². The van der Waals surface area contributed by atoms with Gasteiger partial charge < -0.3 is 14.8 Å². The Hall–Kier alpha value is -2.58. The van der Waals surface area contributed by atoms with E-state index in [4.69, 9.17) is 9.47 Å². The summed E-state index contributed by atoms with van der Waals surface area (Å²) in [4.78, 5) is 13.3. The zero-order valence-electron chi connectivity index (χ0n) is 19.6. The molecule has 0 spiro atoms. The molecule has 1 fully saturated rings. The van der Waals surface area contributed by atoms with Gasteiger partial charge in [0.1, 0.15) is 11.8 Å². The molecule has 1 N–H and O–H groups in total. The van der Waals surface area contributed by atoms with Crippen molar-refractivity contribution in [1.29, 1.82) is 0 Å². The number of nitrogens with zero attached hydrogens (tertiary/aromatic N) is 1. The highest BCUT2D eigenvalue weighted by atomic mass is 32.2. The molecule has 0 saturated carbocycles. The van der Waals surface area contributed by atoms with Gasteiger partial charge in [-0.3, -0.25) is 9.10 Å². The quantitative estimate of drug-likeness (QED) is 0.570. The van der Waals surface area contributed by atoms with Crippen LogP contribution in [0.2, 0.25) is 0 Å². The molecule has 0 aromatic heterocycles. The predicted molar refractivity (Wildman–Crippen MR) is 130 cm³/mol. The van der Waals surface area contributed by atoms with Crippen LogP contribution in [0.1, 0.15) is 38.7 Å². The molecule has 180 valence electrons. The van der Waals surface area contributed by atoms with Crippen LogP contribution >= 0.6 is 0 Å². The van der Waals surface area contributed by atoms with Gasteiger partial charge in [-0.05, 0) is 56.0 Å². The third-order valence-electron chi connectivity index (χ3n) is 6.17. The third-order valence-corrected chi connectivity index (χ3v) is 7.35. The van der Waals surface area contributed by atoms with Crippen LogP contribution in [0, 0.1) is 0 Å². The van der Waals surface area contributed by atoms with E-state index in [0.717, 1.165) is 24.7 Å². The van der Waals surface area contributed by atoms with Gasteiger partial charge in [0.05, 0.1) is 18.6 Å². The first kappa shape index (κ1) is 25.1.